The van der Waals surface area contributed by atoms with E-state index in [1.54, 1.807) is 0 Å². The lowest BCUT2D eigenvalue weighted by atomic mass is 10.0. The topological polar surface area (TPSA) is 80.4 Å². The van der Waals surface area contributed by atoms with Crippen LogP contribution in [-0.2, 0) is 0 Å². The zero-order valence-electron chi connectivity index (χ0n) is 13.1. The largest absolute Gasteiger partial charge is 0.486 e. The summed E-state index contributed by atoms with van der Waals surface area (Å²) in [6.45, 7) is 1.09. The van der Waals surface area contributed by atoms with Gasteiger partial charge in [0, 0.05) is 12.3 Å². The van der Waals surface area contributed by atoms with E-state index in [0.717, 1.165) is 29.9 Å². The van der Waals surface area contributed by atoms with E-state index in [-0.39, 0.29) is 17.5 Å². The third-order valence-electron chi connectivity index (χ3n) is 4.35. The lowest BCUT2D eigenvalue weighted by Crippen LogP contribution is -2.30. The van der Waals surface area contributed by atoms with Crippen LogP contribution in [0.2, 0.25) is 0 Å². The molecule has 0 saturated heterocycles. The molecule has 1 aromatic carbocycles. The molecule has 1 aromatic heterocycles. The molecule has 0 unspecified atom stereocenters. The van der Waals surface area contributed by atoms with Crippen molar-refractivity contribution >= 4 is 5.91 Å². The Bertz CT molecular complexity index is 806. The summed E-state index contributed by atoms with van der Waals surface area (Å²) in [5, 5.41) is 3.08. The second-order valence-corrected chi connectivity index (χ2v) is 6.13. The highest BCUT2D eigenvalue weighted by Crippen LogP contribution is 2.43. The van der Waals surface area contributed by atoms with E-state index in [9.17, 15) is 9.59 Å². The monoisotopic (exact) mass is 326 g/mol. The third-order valence-corrected chi connectivity index (χ3v) is 4.35. The maximum absolute atomic E-state index is 12.5. The van der Waals surface area contributed by atoms with Crippen LogP contribution >= 0.6 is 0 Å². The van der Waals surface area contributed by atoms with Crippen LogP contribution in [0.25, 0.3) is 0 Å². The minimum Gasteiger partial charge on any atom is -0.486 e. The summed E-state index contributed by atoms with van der Waals surface area (Å²) in [4.78, 5) is 26.1. The summed E-state index contributed by atoms with van der Waals surface area (Å²) in [6, 6.07) is 8.63. The van der Waals surface area contributed by atoms with E-state index < -0.39 is 0 Å². The fraction of sp³-hybridized carbons (Fsp3) is 0.333. The molecule has 1 aliphatic carbocycles. The number of nitrogens with one attached hydrogen (secondary N) is 2. The van der Waals surface area contributed by atoms with Gasteiger partial charge in [-0.25, -0.2) is 0 Å². The lowest BCUT2D eigenvalue weighted by molar-refractivity contribution is 0.0931. The van der Waals surface area contributed by atoms with Crippen molar-refractivity contribution in [3.63, 3.8) is 0 Å². The SMILES string of the molecule is O=C(N[C@@H](c1ccc2c(c1)OCCO2)C1CC1)c1ccc(=O)[nH]c1. The first-order chi connectivity index (χ1) is 11.7. The fourth-order valence-electron chi connectivity index (χ4n) is 2.93. The van der Waals surface area contributed by atoms with E-state index in [2.05, 4.69) is 10.3 Å². The number of aromatic amines is 1. The normalized spacial score (nSPS) is 17.2. The number of ether oxygens (including phenoxy) is 2. The van der Waals surface area contributed by atoms with Gasteiger partial charge in [-0.1, -0.05) is 6.07 Å². The van der Waals surface area contributed by atoms with Crippen LogP contribution in [0.15, 0.2) is 41.3 Å². The number of hydrogen-bond acceptors (Lipinski definition) is 4. The Kier molecular flexibility index (Phi) is 3.72. The Balaban J connectivity index is 1.57. The quantitative estimate of drug-likeness (QED) is 0.901. The van der Waals surface area contributed by atoms with Gasteiger partial charge in [-0.3, -0.25) is 9.59 Å². The summed E-state index contributed by atoms with van der Waals surface area (Å²) < 4.78 is 11.2. The highest BCUT2D eigenvalue weighted by atomic mass is 16.6. The Morgan fingerprint density at radius 1 is 1.12 bits per heavy atom. The molecule has 2 N–H and O–H groups in total. The van der Waals surface area contributed by atoms with Crippen molar-refractivity contribution in [3.8, 4) is 11.5 Å². The van der Waals surface area contributed by atoms with Gasteiger partial charge in [0.25, 0.3) is 5.91 Å². The van der Waals surface area contributed by atoms with Crippen molar-refractivity contribution in [2.45, 2.75) is 18.9 Å². The van der Waals surface area contributed by atoms with Gasteiger partial charge in [-0.2, -0.15) is 0 Å². The van der Waals surface area contributed by atoms with Gasteiger partial charge in [0.1, 0.15) is 13.2 Å². The third kappa shape index (κ3) is 2.99. The number of rotatable bonds is 4. The zero-order valence-corrected chi connectivity index (χ0v) is 13.1. The van der Waals surface area contributed by atoms with Crippen LogP contribution in [0.3, 0.4) is 0 Å². The van der Waals surface area contributed by atoms with Gasteiger partial charge in [-0.15, -0.1) is 0 Å². The summed E-state index contributed by atoms with van der Waals surface area (Å²) >= 11 is 0. The molecule has 1 amide bonds. The number of benzene rings is 1. The van der Waals surface area contributed by atoms with Gasteiger partial charge < -0.3 is 19.8 Å². The van der Waals surface area contributed by atoms with Crippen molar-refractivity contribution in [1.29, 1.82) is 0 Å². The highest BCUT2D eigenvalue weighted by Gasteiger charge is 2.34. The molecule has 124 valence electrons. The summed E-state index contributed by atoms with van der Waals surface area (Å²) in [7, 11) is 0. The summed E-state index contributed by atoms with van der Waals surface area (Å²) in [6.07, 6.45) is 3.61. The van der Waals surface area contributed by atoms with Crippen molar-refractivity contribution < 1.29 is 14.3 Å². The number of H-pyrrole nitrogens is 1. The molecule has 0 radical (unpaired) electrons. The second-order valence-electron chi connectivity index (χ2n) is 6.13. The van der Waals surface area contributed by atoms with Gasteiger partial charge in [0.2, 0.25) is 5.56 Å². The number of carbonyl (C=O) groups is 1. The number of amides is 1. The van der Waals surface area contributed by atoms with E-state index in [1.165, 1.54) is 18.3 Å². The fourth-order valence-corrected chi connectivity index (χ4v) is 2.93. The van der Waals surface area contributed by atoms with E-state index in [4.69, 9.17) is 9.47 Å². The number of pyridine rings is 1. The van der Waals surface area contributed by atoms with E-state index >= 15 is 0 Å². The van der Waals surface area contributed by atoms with Crippen LogP contribution in [0.4, 0.5) is 0 Å². The first kappa shape index (κ1) is 14.8. The average Bonchev–Trinajstić information content (AvgIpc) is 3.44. The zero-order chi connectivity index (χ0) is 16.5. The molecule has 2 aliphatic rings. The smallest absolute Gasteiger partial charge is 0.253 e. The predicted molar refractivity (Wildman–Crippen MR) is 87.4 cm³/mol. The van der Waals surface area contributed by atoms with Crippen molar-refractivity contribution in [3.05, 3.63) is 58.0 Å². The van der Waals surface area contributed by atoms with Crippen LogP contribution < -0.4 is 20.3 Å². The first-order valence-corrected chi connectivity index (χ1v) is 8.10. The number of fused-ring (bicyclic) bond motifs is 1. The maximum Gasteiger partial charge on any atom is 0.253 e. The molecular weight excluding hydrogens is 308 g/mol. The predicted octanol–water partition coefficient (Wildman–Crippen LogP) is 2.03. The number of aromatic nitrogens is 1. The molecule has 1 aliphatic heterocycles. The minimum absolute atomic E-state index is 0.0692. The Morgan fingerprint density at radius 3 is 2.62 bits per heavy atom. The molecule has 6 heteroatoms. The molecule has 1 saturated carbocycles. The molecule has 24 heavy (non-hydrogen) atoms. The Morgan fingerprint density at radius 2 is 1.92 bits per heavy atom. The average molecular weight is 326 g/mol. The second kappa shape index (κ2) is 6.03. The lowest BCUT2D eigenvalue weighted by Gasteiger charge is -2.23. The Hall–Kier alpha value is -2.76. The van der Waals surface area contributed by atoms with Crippen LogP contribution in [-0.4, -0.2) is 24.1 Å². The standard InChI is InChI=1S/C18H18N2O4/c21-16-6-4-13(10-19-16)18(22)20-17(11-1-2-11)12-3-5-14-15(9-12)24-8-7-23-14/h3-6,9-11,17H,1-2,7-8H2,(H,19,21)(H,20,22)/t17-/m1/s1. The van der Waals surface area contributed by atoms with E-state index in [0.29, 0.717) is 24.7 Å². The summed E-state index contributed by atoms with van der Waals surface area (Å²) in [5.41, 5.74) is 1.23. The molecule has 2 heterocycles. The van der Waals surface area contributed by atoms with Crippen LogP contribution in [0.1, 0.15) is 34.8 Å². The van der Waals surface area contributed by atoms with Gasteiger partial charge in [0.05, 0.1) is 11.6 Å². The van der Waals surface area contributed by atoms with Crippen molar-refractivity contribution in [2.24, 2.45) is 5.92 Å². The van der Waals surface area contributed by atoms with Gasteiger partial charge >= 0.3 is 0 Å². The molecule has 0 spiro atoms. The molecular formula is C18H18N2O4. The molecule has 1 atom stereocenters. The minimum atomic E-state index is -0.225. The van der Waals surface area contributed by atoms with Crippen LogP contribution in [0.5, 0.6) is 11.5 Å². The van der Waals surface area contributed by atoms with E-state index in [1.807, 2.05) is 18.2 Å². The van der Waals surface area contributed by atoms with Crippen molar-refractivity contribution in [2.75, 3.05) is 13.2 Å². The van der Waals surface area contributed by atoms with Crippen LogP contribution in [0, 0.1) is 5.92 Å². The summed E-state index contributed by atoms with van der Waals surface area (Å²) in [5.74, 6) is 1.70. The molecule has 4 rings (SSSR count). The first-order valence-electron chi connectivity index (χ1n) is 8.10. The maximum atomic E-state index is 12.5. The van der Waals surface area contributed by atoms with Gasteiger partial charge in [0.15, 0.2) is 11.5 Å². The number of carbonyl (C=O) groups excluding carboxylic acids is 1. The van der Waals surface area contributed by atoms with Gasteiger partial charge in [-0.05, 0) is 42.5 Å². The highest BCUT2D eigenvalue weighted by molar-refractivity contribution is 5.94. The Labute approximate surface area is 138 Å². The molecule has 2 aromatic rings. The molecule has 1 fully saturated rings. The van der Waals surface area contributed by atoms with Crippen molar-refractivity contribution in [1.82, 2.24) is 10.3 Å². The number of hydrogen-bond donors (Lipinski definition) is 2. The molecule has 6 nitrogen and oxygen atoms in total. The molecule has 0 bridgehead atoms.